The maximum atomic E-state index is 11.6. The molecule has 0 saturated carbocycles. The highest BCUT2D eigenvalue weighted by Crippen LogP contribution is 2.15. The predicted octanol–water partition coefficient (Wildman–Crippen LogP) is 0.829. The Labute approximate surface area is 112 Å². The van der Waals surface area contributed by atoms with Crippen molar-refractivity contribution in [3.8, 4) is 0 Å². The van der Waals surface area contributed by atoms with Gasteiger partial charge in [0.15, 0.2) is 0 Å². The van der Waals surface area contributed by atoms with Gasteiger partial charge < -0.3 is 10.4 Å². The van der Waals surface area contributed by atoms with Crippen LogP contribution in [0.15, 0.2) is 24.3 Å². The zero-order chi connectivity index (χ0) is 13.7. The Morgan fingerprint density at radius 1 is 1.26 bits per heavy atom. The first-order valence-electron chi connectivity index (χ1n) is 6.49. The molecule has 1 unspecified atom stereocenters. The van der Waals surface area contributed by atoms with Crippen molar-refractivity contribution in [2.24, 2.45) is 0 Å². The molecule has 5 heteroatoms. The van der Waals surface area contributed by atoms with Crippen LogP contribution in [-0.4, -0.2) is 29.6 Å². The molecule has 19 heavy (non-hydrogen) atoms. The third-order valence-electron chi connectivity index (χ3n) is 3.16. The molecule has 0 aromatic heterocycles. The van der Waals surface area contributed by atoms with Crippen LogP contribution in [0.2, 0.25) is 0 Å². The number of hydrogen-bond acceptors (Lipinski definition) is 4. The van der Waals surface area contributed by atoms with Gasteiger partial charge in [-0.15, -0.1) is 0 Å². The Morgan fingerprint density at radius 3 is 2.63 bits per heavy atom. The molecule has 1 aliphatic rings. The van der Waals surface area contributed by atoms with Gasteiger partial charge in [0, 0.05) is 18.7 Å². The van der Waals surface area contributed by atoms with Gasteiger partial charge >= 0.3 is 0 Å². The van der Waals surface area contributed by atoms with Crippen molar-refractivity contribution in [1.29, 1.82) is 0 Å². The van der Waals surface area contributed by atoms with Gasteiger partial charge in [0.25, 0.3) is 0 Å². The highest BCUT2D eigenvalue weighted by Gasteiger charge is 2.26. The first-order valence-corrected chi connectivity index (χ1v) is 6.49. The molecule has 1 aliphatic heterocycles. The van der Waals surface area contributed by atoms with E-state index < -0.39 is 0 Å². The Morgan fingerprint density at radius 2 is 2.00 bits per heavy atom. The van der Waals surface area contributed by atoms with Crippen LogP contribution in [0.3, 0.4) is 0 Å². The molecule has 2 rings (SSSR count). The van der Waals surface area contributed by atoms with Crippen molar-refractivity contribution in [2.75, 3.05) is 11.9 Å². The lowest BCUT2D eigenvalue weighted by atomic mass is 10.1. The van der Waals surface area contributed by atoms with Crippen LogP contribution in [-0.2, 0) is 16.0 Å². The molecule has 3 N–H and O–H groups in total. The molecule has 5 nitrogen and oxygen atoms in total. The maximum absolute atomic E-state index is 11.6. The number of rotatable bonds is 5. The van der Waals surface area contributed by atoms with Gasteiger partial charge in [-0.3, -0.25) is 14.9 Å². The first-order chi connectivity index (χ1) is 9.19. The summed E-state index contributed by atoms with van der Waals surface area (Å²) < 4.78 is 0. The van der Waals surface area contributed by atoms with Gasteiger partial charge in [-0.05, 0) is 37.0 Å². The molecule has 1 aromatic rings. The summed E-state index contributed by atoms with van der Waals surface area (Å²) in [7, 11) is 0. The fraction of sp³-hybridized carbons (Fsp3) is 0.429. The van der Waals surface area contributed by atoms with Gasteiger partial charge in [-0.25, -0.2) is 0 Å². The molecular formula is C14H18N2O3. The second-order valence-electron chi connectivity index (χ2n) is 4.67. The van der Waals surface area contributed by atoms with Crippen LogP contribution < -0.4 is 10.6 Å². The number of aliphatic hydroxyl groups is 1. The number of nitrogens with one attached hydrogen (secondary N) is 2. The van der Waals surface area contributed by atoms with E-state index in [1.54, 1.807) is 0 Å². The average Bonchev–Trinajstić information content (AvgIpc) is 2.41. The predicted molar refractivity (Wildman–Crippen MR) is 71.6 cm³/mol. The van der Waals surface area contributed by atoms with E-state index in [4.69, 9.17) is 5.11 Å². The average molecular weight is 262 g/mol. The molecule has 0 radical (unpaired) electrons. The van der Waals surface area contributed by atoms with Gasteiger partial charge in [0.05, 0.1) is 0 Å². The molecule has 2 amide bonds. The maximum Gasteiger partial charge on any atom is 0.249 e. The van der Waals surface area contributed by atoms with Crippen LogP contribution in [0.5, 0.6) is 0 Å². The summed E-state index contributed by atoms with van der Waals surface area (Å²) in [5.41, 5.74) is 2.02. The van der Waals surface area contributed by atoms with E-state index >= 15 is 0 Å². The number of aliphatic hydroxyl groups excluding tert-OH is 1. The minimum Gasteiger partial charge on any atom is -0.396 e. The van der Waals surface area contributed by atoms with E-state index in [1.807, 2.05) is 24.3 Å². The van der Waals surface area contributed by atoms with Crippen molar-refractivity contribution in [1.82, 2.24) is 5.32 Å². The lowest BCUT2D eigenvalue weighted by Gasteiger charge is -2.22. The number of benzene rings is 1. The van der Waals surface area contributed by atoms with E-state index in [9.17, 15) is 9.59 Å². The van der Waals surface area contributed by atoms with E-state index in [0.717, 1.165) is 24.1 Å². The van der Waals surface area contributed by atoms with Crippen molar-refractivity contribution >= 4 is 17.5 Å². The second-order valence-corrected chi connectivity index (χ2v) is 4.67. The number of carbonyl (C=O) groups excluding carboxylic acids is 2. The van der Waals surface area contributed by atoms with Crippen molar-refractivity contribution < 1.29 is 14.7 Å². The second kappa shape index (κ2) is 6.33. The molecule has 1 heterocycles. The number of anilines is 1. The summed E-state index contributed by atoms with van der Waals surface area (Å²) in [6.07, 6.45) is 2.49. The van der Waals surface area contributed by atoms with E-state index in [0.29, 0.717) is 12.8 Å². The van der Waals surface area contributed by atoms with Crippen LogP contribution in [0, 0.1) is 0 Å². The van der Waals surface area contributed by atoms with Crippen molar-refractivity contribution in [2.45, 2.75) is 31.7 Å². The summed E-state index contributed by atoms with van der Waals surface area (Å²) in [6, 6.07) is 7.43. The summed E-state index contributed by atoms with van der Waals surface area (Å²) in [4.78, 5) is 22.6. The highest BCUT2D eigenvalue weighted by molar-refractivity contribution is 6.01. The molecule has 1 aromatic carbocycles. The molecule has 1 saturated heterocycles. The summed E-state index contributed by atoms with van der Waals surface area (Å²) in [6.45, 7) is 0.191. The fourth-order valence-corrected chi connectivity index (χ4v) is 2.08. The molecular weight excluding hydrogens is 244 g/mol. The molecule has 0 bridgehead atoms. The number of aryl methyl sites for hydroxylation is 1. The minimum atomic E-state index is -0.346. The van der Waals surface area contributed by atoms with Gasteiger partial charge in [0.2, 0.25) is 11.8 Å². The quantitative estimate of drug-likeness (QED) is 0.687. The molecule has 102 valence electrons. The number of amides is 2. The van der Waals surface area contributed by atoms with Gasteiger partial charge in [-0.1, -0.05) is 12.1 Å². The number of carbonyl (C=O) groups is 2. The fourth-order valence-electron chi connectivity index (χ4n) is 2.08. The largest absolute Gasteiger partial charge is 0.396 e. The van der Waals surface area contributed by atoms with Gasteiger partial charge in [0.1, 0.15) is 6.04 Å². The Hall–Kier alpha value is -1.88. The Bertz CT molecular complexity index is 456. The van der Waals surface area contributed by atoms with Gasteiger partial charge in [-0.2, -0.15) is 0 Å². The number of piperidine rings is 1. The first kappa shape index (κ1) is 13.5. The number of hydrogen-bond donors (Lipinski definition) is 3. The molecule has 0 aliphatic carbocycles. The smallest absolute Gasteiger partial charge is 0.249 e. The zero-order valence-electron chi connectivity index (χ0n) is 10.7. The summed E-state index contributed by atoms with van der Waals surface area (Å²) in [5, 5.41) is 14.2. The Kier molecular flexibility index (Phi) is 4.52. The summed E-state index contributed by atoms with van der Waals surface area (Å²) in [5.74, 6) is -0.469. The topological polar surface area (TPSA) is 78.4 Å². The van der Waals surface area contributed by atoms with E-state index in [1.165, 1.54) is 0 Å². The van der Waals surface area contributed by atoms with Crippen LogP contribution in [0.4, 0.5) is 5.69 Å². The normalized spacial score (nSPS) is 19.1. The molecule has 1 fully saturated rings. The third-order valence-corrected chi connectivity index (χ3v) is 3.16. The standard InChI is InChI=1S/C14H18N2O3/c17-9-1-2-10-3-5-11(6-4-10)15-12-7-8-13(18)16-14(12)19/h3-6,12,15,17H,1-2,7-9H2,(H,16,18,19). The van der Waals surface area contributed by atoms with Crippen molar-refractivity contribution in [3.05, 3.63) is 29.8 Å². The minimum absolute atomic E-state index is 0.191. The van der Waals surface area contributed by atoms with Crippen LogP contribution in [0.1, 0.15) is 24.8 Å². The monoisotopic (exact) mass is 262 g/mol. The lowest BCUT2D eigenvalue weighted by Crippen LogP contribution is -2.47. The van der Waals surface area contributed by atoms with Crippen LogP contribution in [0.25, 0.3) is 0 Å². The molecule has 1 atom stereocenters. The zero-order valence-corrected chi connectivity index (χ0v) is 10.7. The lowest BCUT2D eigenvalue weighted by molar-refractivity contribution is -0.133. The molecule has 0 spiro atoms. The van der Waals surface area contributed by atoms with E-state index in [2.05, 4.69) is 10.6 Å². The number of imide groups is 1. The summed E-state index contributed by atoms with van der Waals surface area (Å²) >= 11 is 0. The van der Waals surface area contributed by atoms with Crippen molar-refractivity contribution in [3.63, 3.8) is 0 Å². The highest BCUT2D eigenvalue weighted by atomic mass is 16.3. The Balaban J connectivity index is 1.92. The SMILES string of the molecule is O=C1CCC(Nc2ccc(CCCO)cc2)C(=O)N1. The van der Waals surface area contributed by atoms with Crippen LogP contribution >= 0.6 is 0 Å². The third kappa shape index (κ3) is 3.79. The van der Waals surface area contributed by atoms with E-state index in [-0.39, 0.29) is 24.5 Å².